The van der Waals surface area contributed by atoms with Gasteiger partial charge in [0.1, 0.15) is 5.82 Å². The lowest BCUT2D eigenvalue weighted by atomic mass is 10.1. The van der Waals surface area contributed by atoms with Crippen molar-refractivity contribution in [1.82, 2.24) is 10.6 Å². The molecule has 1 aromatic carbocycles. The summed E-state index contributed by atoms with van der Waals surface area (Å²) in [6.07, 6.45) is 3.60. The van der Waals surface area contributed by atoms with E-state index in [-0.39, 0.29) is 36.4 Å². The van der Waals surface area contributed by atoms with Gasteiger partial charge in [-0.25, -0.2) is 9.38 Å². The van der Waals surface area contributed by atoms with Crippen LogP contribution in [0.5, 0.6) is 0 Å². The number of benzene rings is 1. The molecule has 1 aliphatic carbocycles. The Morgan fingerprint density at radius 1 is 1.31 bits per heavy atom. The van der Waals surface area contributed by atoms with Crippen LogP contribution in [0.1, 0.15) is 37.3 Å². The number of nitrogens with one attached hydrogen (secondary N) is 2. The van der Waals surface area contributed by atoms with Gasteiger partial charge < -0.3 is 20.1 Å². The molecule has 7 heteroatoms. The molecule has 1 fully saturated rings. The fourth-order valence-electron chi connectivity index (χ4n) is 2.42. The lowest BCUT2D eigenvalue weighted by molar-refractivity contribution is 0.123. The van der Waals surface area contributed by atoms with E-state index in [1.165, 1.54) is 18.9 Å². The lowest BCUT2D eigenvalue weighted by Crippen LogP contribution is -2.38. The first-order valence-electron chi connectivity index (χ1n) is 9.09. The van der Waals surface area contributed by atoms with Crippen LogP contribution < -0.4 is 10.6 Å². The largest absolute Gasteiger partial charge is 0.381 e. The maximum Gasteiger partial charge on any atom is 0.191 e. The number of hydrogen-bond acceptors (Lipinski definition) is 3. The smallest absolute Gasteiger partial charge is 0.191 e. The average molecular weight is 479 g/mol. The van der Waals surface area contributed by atoms with Crippen LogP contribution in [0, 0.1) is 11.7 Å². The molecule has 1 aromatic rings. The predicted octanol–water partition coefficient (Wildman–Crippen LogP) is 3.46. The zero-order valence-electron chi connectivity index (χ0n) is 15.7. The molecule has 1 saturated carbocycles. The fourth-order valence-corrected chi connectivity index (χ4v) is 2.42. The van der Waals surface area contributed by atoms with Crippen molar-refractivity contribution in [2.24, 2.45) is 10.9 Å². The monoisotopic (exact) mass is 479 g/mol. The summed E-state index contributed by atoms with van der Waals surface area (Å²) in [5.41, 5.74) is 1.51. The molecular formula is C19H31FIN3O2. The highest BCUT2D eigenvalue weighted by Crippen LogP contribution is 2.28. The van der Waals surface area contributed by atoms with Crippen LogP contribution in [-0.2, 0) is 22.6 Å². The molecule has 0 amide bonds. The molecule has 0 radical (unpaired) electrons. The summed E-state index contributed by atoms with van der Waals surface area (Å²) in [4.78, 5) is 4.56. The Morgan fingerprint density at radius 3 is 2.81 bits per heavy atom. The average Bonchev–Trinajstić information content (AvgIpc) is 3.42. The van der Waals surface area contributed by atoms with Gasteiger partial charge in [0.2, 0.25) is 0 Å². The maximum absolute atomic E-state index is 13.6. The first-order valence-corrected chi connectivity index (χ1v) is 9.09. The normalized spacial score (nSPS) is 14.0. The second-order valence-electron chi connectivity index (χ2n) is 6.35. The zero-order valence-corrected chi connectivity index (χ0v) is 18.1. The summed E-state index contributed by atoms with van der Waals surface area (Å²) in [5.74, 6) is 1.33. The summed E-state index contributed by atoms with van der Waals surface area (Å²) in [6.45, 7) is 6.08. The second kappa shape index (κ2) is 13.3. The Morgan fingerprint density at radius 2 is 2.12 bits per heavy atom. The Bertz CT molecular complexity index is 554. The third-order valence-corrected chi connectivity index (χ3v) is 3.98. The minimum absolute atomic E-state index is 0. The lowest BCUT2D eigenvalue weighted by Gasteiger charge is -2.12. The minimum atomic E-state index is -0.245. The van der Waals surface area contributed by atoms with Crippen LogP contribution in [-0.4, -0.2) is 39.4 Å². The van der Waals surface area contributed by atoms with Gasteiger partial charge in [-0.3, -0.25) is 0 Å². The Kier molecular flexibility index (Phi) is 11.8. The van der Waals surface area contributed by atoms with Gasteiger partial charge in [0.25, 0.3) is 0 Å². The predicted molar refractivity (Wildman–Crippen MR) is 114 cm³/mol. The molecule has 0 bridgehead atoms. The first kappa shape index (κ1) is 23.1. The second-order valence-corrected chi connectivity index (χ2v) is 6.35. The van der Waals surface area contributed by atoms with Crippen LogP contribution in [0.15, 0.2) is 23.2 Å². The standard InChI is InChI=1S/C19H30FN3O2.HI/c1-3-21-19(22-9-4-10-25-13-15-5-6-15)23-12-16-7-8-18(20)17(11-16)14-24-2;/h7-8,11,15H,3-6,9-10,12-14H2,1-2H3,(H2,21,22,23);1H. The number of hydrogen-bond donors (Lipinski definition) is 2. The third kappa shape index (κ3) is 9.14. The van der Waals surface area contributed by atoms with Crippen molar-refractivity contribution in [2.45, 2.75) is 39.3 Å². The number of methoxy groups -OCH3 is 1. The van der Waals surface area contributed by atoms with Gasteiger partial charge in [-0.1, -0.05) is 6.07 Å². The van der Waals surface area contributed by atoms with Crippen LogP contribution >= 0.6 is 24.0 Å². The Labute approximate surface area is 173 Å². The van der Waals surface area contributed by atoms with Crippen molar-refractivity contribution in [3.63, 3.8) is 0 Å². The van der Waals surface area contributed by atoms with Crippen molar-refractivity contribution < 1.29 is 13.9 Å². The van der Waals surface area contributed by atoms with Crippen molar-refractivity contribution in [1.29, 1.82) is 0 Å². The first-order chi connectivity index (χ1) is 12.2. The van der Waals surface area contributed by atoms with Gasteiger partial charge >= 0.3 is 0 Å². The number of nitrogens with zero attached hydrogens (tertiary/aromatic N) is 1. The molecule has 148 valence electrons. The highest BCUT2D eigenvalue weighted by Gasteiger charge is 2.20. The van der Waals surface area contributed by atoms with E-state index in [4.69, 9.17) is 9.47 Å². The van der Waals surface area contributed by atoms with E-state index in [9.17, 15) is 4.39 Å². The molecule has 5 nitrogen and oxygen atoms in total. The van der Waals surface area contributed by atoms with Gasteiger partial charge in [0.05, 0.1) is 13.2 Å². The highest BCUT2D eigenvalue weighted by atomic mass is 127. The number of halogens is 2. The number of aliphatic imine (C=N–C) groups is 1. The number of ether oxygens (including phenoxy) is 2. The molecular weight excluding hydrogens is 448 g/mol. The van der Waals surface area contributed by atoms with E-state index >= 15 is 0 Å². The van der Waals surface area contributed by atoms with Gasteiger partial charge in [0.15, 0.2) is 5.96 Å². The van der Waals surface area contributed by atoms with E-state index in [0.717, 1.165) is 50.2 Å². The van der Waals surface area contributed by atoms with Gasteiger partial charge in [-0.05, 0) is 49.8 Å². The highest BCUT2D eigenvalue weighted by molar-refractivity contribution is 14.0. The van der Waals surface area contributed by atoms with E-state index in [1.54, 1.807) is 19.2 Å². The summed E-state index contributed by atoms with van der Waals surface area (Å²) < 4.78 is 24.3. The van der Waals surface area contributed by atoms with Crippen LogP contribution in [0.4, 0.5) is 4.39 Å². The quantitative estimate of drug-likeness (QED) is 0.221. The molecule has 1 aliphatic rings. The minimum Gasteiger partial charge on any atom is -0.381 e. The van der Waals surface area contributed by atoms with E-state index in [0.29, 0.717) is 12.1 Å². The molecule has 0 heterocycles. The zero-order chi connectivity index (χ0) is 17.9. The molecule has 0 spiro atoms. The molecule has 0 atom stereocenters. The molecule has 0 aromatic heterocycles. The van der Waals surface area contributed by atoms with Crippen molar-refractivity contribution in [3.05, 3.63) is 35.1 Å². The number of rotatable bonds is 11. The third-order valence-electron chi connectivity index (χ3n) is 3.98. The summed E-state index contributed by atoms with van der Waals surface area (Å²) in [7, 11) is 1.56. The van der Waals surface area contributed by atoms with Crippen LogP contribution in [0.3, 0.4) is 0 Å². The molecule has 2 rings (SSSR count). The van der Waals surface area contributed by atoms with E-state index in [2.05, 4.69) is 15.6 Å². The summed E-state index contributed by atoms with van der Waals surface area (Å²) >= 11 is 0. The Hall–Kier alpha value is -0.930. The van der Waals surface area contributed by atoms with Crippen molar-refractivity contribution in [2.75, 3.05) is 33.4 Å². The van der Waals surface area contributed by atoms with Gasteiger partial charge in [-0.2, -0.15) is 0 Å². The van der Waals surface area contributed by atoms with E-state index in [1.807, 2.05) is 6.92 Å². The topological polar surface area (TPSA) is 54.9 Å². The summed E-state index contributed by atoms with van der Waals surface area (Å²) in [6, 6.07) is 5.03. The summed E-state index contributed by atoms with van der Waals surface area (Å²) in [5, 5.41) is 6.53. The van der Waals surface area contributed by atoms with Crippen molar-refractivity contribution in [3.8, 4) is 0 Å². The molecule has 26 heavy (non-hydrogen) atoms. The molecule has 2 N–H and O–H groups in total. The SMILES string of the molecule is CCNC(=NCc1ccc(F)c(COC)c1)NCCCOCC1CC1.I. The Balaban J connectivity index is 0.00000338. The van der Waals surface area contributed by atoms with Crippen molar-refractivity contribution >= 4 is 29.9 Å². The fraction of sp³-hybridized carbons (Fsp3) is 0.632. The maximum atomic E-state index is 13.6. The molecule has 0 aliphatic heterocycles. The van der Waals surface area contributed by atoms with Crippen LogP contribution in [0.2, 0.25) is 0 Å². The molecule has 0 saturated heterocycles. The van der Waals surface area contributed by atoms with Crippen LogP contribution in [0.25, 0.3) is 0 Å². The van der Waals surface area contributed by atoms with Gasteiger partial charge in [0, 0.05) is 39.0 Å². The van der Waals surface area contributed by atoms with Gasteiger partial charge in [-0.15, -0.1) is 24.0 Å². The number of guanidine groups is 1. The molecule has 0 unspecified atom stereocenters. The van der Waals surface area contributed by atoms with E-state index < -0.39 is 0 Å².